The lowest BCUT2D eigenvalue weighted by Gasteiger charge is -2.27. The fourth-order valence-corrected chi connectivity index (χ4v) is 6.07. The molecule has 5 rings (SSSR count). The normalized spacial score (nSPS) is 15.2. The summed E-state index contributed by atoms with van der Waals surface area (Å²) in [5.74, 6) is 0.279. The Labute approximate surface area is 243 Å². The lowest BCUT2D eigenvalue weighted by Crippen LogP contribution is -2.39. The molecule has 0 saturated heterocycles. The molecule has 0 radical (unpaired) electrons. The number of carbonyl (C=O) groups is 2. The van der Waals surface area contributed by atoms with Gasteiger partial charge in [0.15, 0.2) is 5.13 Å². The van der Waals surface area contributed by atoms with Crippen molar-refractivity contribution in [2.45, 2.75) is 26.4 Å². The molecule has 3 aromatic carbocycles. The summed E-state index contributed by atoms with van der Waals surface area (Å²) in [7, 11) is 1.66. The molecule has 1 aromatic heterocycles. The quantitative estimate of drug-likeness (QED) is 0.343. The van der Waals surface area contributed by atoms with Crippen molar-refractivity contribution in [3.63, 3.8) is 0 Å². The number of aromatic nitrogens is 1. The zero-order valence-electron chi connectivity index (χ0n) is 23.3. The first kappa shape index (κ1) is 28.7. The summed E-state index contributed by atoms with van der Waals surface area (Å²) in [4.78, 5) is 36.7. The number of ether oxygens (including phenoxy) is 1. The fourth-order valence-electron chi connectivity index (χ4n) is 5.16. The predicted molar refractivity (Wildman–Crippen MR) is 161 cm³/mol. The molecule has 2 amide bonds. The van der Waals surface area contributed by atoms with E-state index in [1.54, 1.807) is 20.1 Å². The summed E-state index contributed by atoms with van der Waals surface area (Å²) in [5.41, 5.74) is 3.66. The van der Waals surface area contributed by atoms with Crippen LogP contribution in [0.1, 0.15) is 24.5 Å². The van der Waals surface area contributed by atoms with Crippen molar-refractivity contribution in [2.75, 3.05) is 50.1 Å². The number of methoxy groups -OCH3 is 1. The molecule has 4 aromatic rings. The van der Waals surface area contributed by atoms with Crippen molar-refractivity contribution in [2.24, 2.45) is 0 Å². The molecule has 0 unspecified atom stereocenters. The Morgan fingerprint density at radius 2 is 1.83 bits per heavy atom. The Hall–Kier alpha value is -3.86. The number of anilines is 2. The third-order valence-corrected chi connectivity index (χ3v) is 8.08. The number of carbonyl (C=O) groups excluding carboxylic acids is 2. The van der Waals surface area contributed by atoms with Crippen LogP contribution in [0.15, 0.2) is 66.7 Å². The molecule has 8 nitrogen and oxygen atoms in total. The van der Waals surface area contributed by atoms with Crippen molar-refractivity contribution in [3.8, 4) is 5.75 Å². The number of hydrogen-bond donors (Lipinski definition) is 1. The standard InChI is InChI=1S/C31H34FN5O3S/c1-22(38)37-14-6-13-35(19-23-7-5-9-26(17-23)40-2)15-16-36(20-24-8-3-4-10-28(24)37)21-30(39)34-31-33-27-12-11-25(32)18-29(27)41-31/h3-5,7-12,17-18H,6,13-16,19-21H2,1-2H3,(H,33,34,39). The molecule has 0 saturated carbocycles. The topological polar surface area (TPSA) is 78.0 Å². The van der Waals surface area contributed by atoms with E-state index in [9.17, 15) is 14.0 Å². The Morgan fingerprint density at radius 1 is 1.00 bits per heavy atom. The number of rotatable bonds is 6. The molecule has 1 aliphatic rings. The maximum absolute atomic E-state index is 13.6. The highest BCUT2D eigenvalue weighted by molar-refractivity contribution is 7.22. The van der Waals surface area contributed by atoms with E-state index in [2.05, 4.69) is 26.2 Å². The molecule has 0 spiro atoms. The summed E-state index contributed by atoms with van der Waals surface area (Å²) in [6.07, 6.45) is 0.816. The number of fused-ring (bicyclic) bond motifs is 2. The smallest absolute Gasteiger partial charge is 0.240 e. The van der Waals surface area contributed by atoms with Gasteiger partial charge in [0, 0.05) is 51.9 Å². The molecular weight excluding hydrogens is 541 g/mol. The molecular formula is C31H34FN5O3S. The third-order valence-electron chi connectivity index (χ3n) is 7.15. The van der Waals surface area contributed by atoms with Gasteiger partial charge in [-0.05, 0) is 53.9 Å². The van der Waals surface area contributed by atoms with Crippen LogP contribution in [0.3, 0.4) is 0 Å². The molecule has 0 fully saturated rings. The highest BCUT2D eigenvalue weighted by atomic mass is 32.1. The van der Waals surface area contributed by atoms with Crippen LogP contribution in [0.5, 0.6) is 5.75 Å². The lowest BCUT2D eigenvalue weighted by atomic mass is 10.1. The SMILES string of the molecule is COc1cccc(CN2CCCN(C(C)=O)c3ccccc3CN(CC(=O)Nc3nc4ccc(F)cc4s3)CC2)c1. The largest absolute Gasteiger partial charge is 0.497 e. The van der Waals surface area contributed by atoms with Crippen molar-refractivity contribution in [1.82, 2.24) is 14.8 Å². The average Bonchev–Trinajstić information content (AvgIpc) is 3.33. The van der Waals surface area contributed by atoms with Gasteiger partial charge in [-0.25, -0.2) is 9.37 Å². The first-order chi connectivity index (χ1) is 19.9. The van der Waals surface area contributed by atoms with E-state index in [4.69, 9.17) is 4.74 Å². The van der Waals surface area contributed by atoms with E-state index in [1.807, 2.05) is 47.4 Å². The van der Waals surface area contributed by atoms with E-state index >= 15 is 0 Å². The minimum atomic E-state index is -0.334. The van der Waals surface area contributed by atoms with Gasteiger partial charge >= 0.3 is 0 Å². The van der Waals surface area contributed by atoms with E-state index in [0.717, 1.165) is 48.6 Å². The first-order valence-corrected chi connectivity index (χ1v) is 14.5. The Kier molecular flexibility index (Phi) is 9.23. The van der Waals surface area contributed by atoms with E-state index < -0.39 is 0 Å². The van der Waals surface area contributed by atoms with Crippen LogP contribution in [-0.4, -0.2) is 66.4 Å². The van der Waals surface area contributed by atoms with E-state index in [1.165, 1.54) is 23.5 Å². The maximum atomic E-state index is 13.6. The number of benzene rings is 3. The number of amides is 2. The average molecular weight is 576 g/mol. The summed E-state index contributed by atoms with van der Waals surface area (Å²) < 4.78 is 19.7. The first-order valence-electron chi connectivity index (χ1n) is 13.7. The monoisotopic (exact) mass is 575 g/mol. The van der Waals surface area contributed by atoms with Crippen LogP contribution in [0.25, 0.3) is 10.2 Å². The molecule has 2 heterocycles. The molecule has 214 valence electrons. The minimum Gasteiger partial charge on any atom is -0.497 e. The van der Waals surface area contributed by atoms with Crippen molar-refractivity contribution in [1.29, 1.82) is 0 Å². The van der Waals surface area contributed by atoms with Gasteiger partial charge in [0.1, 0.15) is 11.6 Å². The summed E-state index contributed by atoms with van der Waals surface area (Å²) in [6.45, 7) is 5.78. The van der Waals surface area contributed by atoms with Crippen LogP contribution >= 0.6 is 11.3 Å². The number of nitrogens with one attached hydrogen (secondary N) is 1. The van der Waals surface area contributed by atoms with Gasteiger partial charge in [-0.2, -0.15) is 0 Å². The molecule has 1 N–H and O–H groups in total. The highest BCUT2D eigenvalue weighted by Gasteiger charge is 2.21. The molecule has 41 heavy (non-hydrogen) atoms. The lowest BCUT2D eigenvalue weighted by molar-refractivity contribution is -0.118. The van der Waals surface area contributed by atoms with Crippen molar-refractivity contribution in [3.05, 3.63) is 83.7 Å². The van der Waals surface area contributed by atoms with Crippen LogP contribution in [0.4, 0.5) is 15.2 Å². The maximum Gasteiger partial charge on any atom is 0.240 e. The molecule has 10 heteroatoms. The third kappa shape index (κ3) is 7.46. The van der Waals surface area contributed by atoms with E-state index in [0.29, 0.717) is 35.0 Å². The summed E-state index contributed by atoms with van der Waals surface area (Å²) in [6, 6.07) is 20.3. The van der Waals surface area contributed by atoms with Gasteiger partial charge in [0.05, 0.1) is 23.9 Å². The predicted octanol–water partition coefficient (Wildman–Crippen LogP) is 5.14. The summed E-state index contributed by atoms with van der Waals surface area (Å²) in [5, 5.41) is 3.34. The Balaban J connectivity index is 1.36. The van der Waals surface area contributed by atoms with Gasteiger partial charge < -0.3 is 15.0 Å². The van der Waals surface area contributed by atoms with Crippen LogP contribution in [-0.2, 0) is 22.7 Å². The Bertz CT molecular complexity index is 1530. The minimum absolute atomic E-state index is 0.00684. The summed E-state index contributed by atoms with van der Waals surface area (Å²) >= 11 is 1.25. The molecule has 1 aliphatic heterocycles. The number of nitrogens with zero attached hydrogens (tertiary/aromatic N) is 4. The van der Waals surface area contributed by atoms with Gasteiger partial charge in [-0.1, -0.05) is 41.7 Å². The molecule has 0 aliphatic carbocycles. The van der Waals surface area contributed by atoms with Crippen LogP contribution < -0.4 is 15.0 Å². The van der Waals surface area contributed by atoms with Crippen LogP contribution in [0.2, 0.25) is 0 Å². The van der Waals surface area contributed by atoms with Crippen molar-refractivity contribution >= 4 is 44.2 Å². The highest BCUT2D eigenvalue weighted by Crippen LogP contribution is 2.27. The van der Waals surface area contributed by atoms with Gasteiger partial charge in [0.2, 0.25) is 11.8 Å². The van der Waals surface area contributed by atoms with E-state index in [-0.39, 0.29) is 24.2 Å². The van der Waals surface area contributed by atoms with Gasteiger partial charge in [-0.3, -0.25) is 19.4 Å². The fraction of sp³-hybridized carbons (Fsp3) is 0.323. The van der Waals surface area contributed by atoms with Gasteiger partial charge in [-0.15, -0.1) is 0 Å². The molecule has 0 bridgehead atoms. The van der Waals surface area contributed by atoms with Gasteiger partial charge in [0.25, 0.3) is 0 Å². The number of hydrogen-bond acceptors (Lipinski definition) is 7. The second-order valence-corrected chi connectivity index (χ2v) is 11.2. The number of halogens is 1. The number of para-hydroxylation sites is 1. The Morgan fingerprint density at radius 3 is 2.66 bits per heavy atom. The molecule has 0 atom stereocenters. The zero-order chi connectivity index (χ0) is 28.8. The van der Waals surface area contributed by atoms with Crippen molar-refractivity contribution < 1.29 is 18.7 Å². The van der Waals surface area contributed by atoms with Crippen LogP contribution in [0, 0.1) is 5.82 Å². The number of thiazole rings is 1. The zero-order valence-corrected chi connectivity index (χ0v) is 24.1. The second-order valence-electron chi connectivity index (χ2n) is 10.2. The second kappa shape index (κ2) is 13.2.